The number of carbonyl (C=O) groups excluding carboxylic acids is 2. The van der Waals surface area contributed by atoms with Crippen molar-refractivity contribution in [2.45, 2.75) is 20.3 Å². The van der Waals surface area contributed by atoms with E-state index < -0.39 is 0 Å². The number of nitrogens with zero attached hydrogens (tertiary/aromatic N) is 2. The highest BCUT2D eigenvalue weighted by molar-refractivity contribution is 5.95. The molecule has 0 atom stereocenters. The molecule has 2 aromatic rings. The van der Waals surface area contributed by atoms with E-state index in [0.717, 1.165) is 5.69 Å². The molecular weight excluding hydrogens is 349 g/mol. The molecule has 6 nitrogen and oxygen atoms in total. The van der Waals surface area contributed by atoms with Crippen LogP contribution < -0.4 is 10.2 Å². The number of carbonyl (C=O) groups is 2. The first-order valence-electron chi connectivity index (χ1n) is 9.07. The van der Waals surface area contributed by atoms with Crippen LogP contribution in [0.3, 0.4) is 0 Å². The molecule has 0 spiro atoms. The second-order valence-corrected chi connectivity index (χ2v) is 6.68. The van der Waals surface area contributed by atoms with E-state index in [0.29, 0.717) is 49.8 Å². The van der Waals surface area contributed by atoms with E-state index >= 15 is 0 Å². The summed E-state index contributed by atoms with van der Waals surface area (Å²) < 4.78 is 18.4. The Morgan fingerprint density at radius 3 is 2.37 bits per heavy atom. The van der Waals surface area contributed by atoms with Crippen LogP contribution in [0.5, 0.6) is 0 Å². The smallest absolute Gasteiger partial charge is 0.254 e. The topological polar surface area (TPSA) is 65.8 Å². The zero-order valence-corrected chi connectivity index (χ0v) is 15.6. The van der Waals surface area contributed by atoms with Gasteiger partial charge in [-0.1, -0.05) is 0 Å². The van der Waals surface area contributed by atoms with Gasteiger partial charge < -0.3 is 19.5 Å². The molecule has 0 saturated carbocycles. The molecule has 0 aliphatic carbocycles. The summed E-state index contributed by atoms with van der Waals surface area (Å²) >= 11 is 0. The Morgan fingerprint density at radius 2 is 1.78 bits per heavy atom. The number of aryl methyl sites for hydroxylation is 2. The van der Waals surface area contributed by atoms with Crippen LogP contribution in [0.4, 0.5) is 10.1 Å². The van der Waals surface area contributed by atoms with Gasteiger partial charge in [-0.05, 0) is 44.2 Å². The molecule has 7 heteroatoms. The summed E-state index contributed by atoms with van der Waals surface area (Å²) in [5.41, 5.74) is 1.47. The Hall–Kier alpha value is -2.83. The molecule has 1 aromatic carbocycles. The zero-order valence-electron chi connectivity index (χ0n) is 15.6. The van der Waals surface area contributed by atoms with E-state index in [1.807, 2.05) is 0 Å². The van der Waals surface area contributed by atoms with Crippen molar-refractivity contribution in [2.75, 3.05) is 37.6 Å². The number of benzene rings is 1. The van der Waals surface area contributed by atoms with Crippen LogP contribution >= 0.6 is 0 Å². The SMILES string of the molecule is Cc1cc(C(=O)NCCC(=O)N2CCN(c3ccc(F)cc3)CC2)c(C)o1. The van der Waals surface area contributed by atoms with Crippen molar-refractivity contribution in [2.24, 2.45) is 0 Å². The minimum Gasteiger partial charge on any atom is -0.466 e. The fourth-order valence-corrected chi connectivity index (χ4v) is 3.26. The number of anilines is 1. The summed E-state index contributed by atoms with van der Waals surface area (Å²) in [5, 5.41) is 2.77. The first-order chi connectivity index (χ1) is 12.9. The molecule has 0 bridgehead atoms. The van der Waals surface area contributed by atoms with Gasteiger partial charge in [0.2, 0.25) is 5.91 Å². The maximum absolute atomic E-state index is 13.0. The summed E-state index contributed by atoms with van der Waals surface area (Å²) in [5.74, 6) is 0.809. The van der Waals surface area contributed by atoms with Crippen molar-refractivity contribution in [3.8, 4) is 0 Å². The molecule has 1 fully saturated rings. The van der Waals surface area contributed by atoms with Gasteiger partial charge in [0.1, 0.15) is 17.3 Å². The normalized spacial score (nSPS) is 14.3. The van der Waals surface area contributed by atoms with Crippen molar-refractivity contribution in [3.05, 3.63) is 53.2 Å². The third kappa shape index (κ3) is 4.67. The summed E-state index contributed by atoms with van der Waals surface area (Å²) in [6.07, 6.45) is 0.262. The lowest BCUT2D eigenvalue weighted by Gasteiger charge is -2.36. The number of amides is 2. The van der Waals surface area contributed by atoms with E-state index in [4.69, 9.17) is 4.42 Å². The third-order valence-corrected chi connectivity index (χ3v) is 4.73. The van der Waals surface area contributed by atoms with Crippen molar-refractivity contribution < 1.29 is 18.4 Å². The molecule has 1 saturated heterocycles. The first kappa shape index (κ1) is 18.9. The van der Waals surface area contributed by atoms with E-state index in [1.165, 1.54) is 12.1 Å². The number of rotatable bonds is 5. The minimum absolute atomic E-state index is 0.0224. The number of nitrogens with one attached hydrogen (secondary N) is 1. The highest BCUT2D eigenvalue weighted by atomic mass is 19.1. The Labute approximate surface area is 157 Å². The average Bonchev–Trinajstić information content (AvgIpc) is 3.00. The Kier molecular flexibility index (Phi) is 5.78. The van der Waals surface area contributed by atoms with Gasteiger partial charge in [0.25, 0.3) is 5.91 Å². The lowest BCUT2D eigenvalue weighted by atomic mass is 10.2. The molecule has 0 radical (unpaired) electrons. The fourth-order valence-electron chi connectivity index (χ4n) is 3.26. The summed E-state index contributed by atoms with van der Waals surface area (Å²) in [6.45, 7) is 6.47. The van der Waals surface area contributed by atoms with Crippen LogP contribution in [-0.2, 0) is 4.79 Å². The molecule has 2 amide bonds. The van der Waals surface area contributed by atoms with E-state index in [9.17, 15) is 14.0 Å². The van der Waals surface area contributed by atoms with Gasteiger partial charge in [0, 0.05) is 44.8 Å². The molecule has 1 aliphatic rings. The molecule has 1 aromatic heterocycles. The molecular formula is C20H24FN3O3. The van der Waals surface area contributed by atoms with Crippen LogP contribution in [0.2, 0.25) is 0 Å². The number of halogens is 1. The Bertz CT molecular complexity index is 808. The van der Waals surface area contributed by atoms with Crippen molar-refractivity contribution in [1.29, 1.82) is 0 Å². The lowest BCUT2D eigenvalue weighted by Crippen LogP contribution is -2.49. The average molecular weight is 373 g/mol. The van der Waals surface area contributed by atoms with Crippen LogP contribution in [-0.4, -0.2) is 49.4 Å². The van der Waals surface area contributed by atoms with Crippen LogP contribution in [0.25, 0.3) is 0 Å². The maximum Gasteiger partial charge on any atom is 0.254 e. The summed E-state index contributed by atoms with van der Waals surface area (Å²) in [4.78, 5) is 28.4. The molecule has 2 heterocycles. The van der Waals surface area contributed by atoms with Gasteiger partial charge in [-0.15, -0.1) is 0 Å². The van der Waals surface area contributed by atoms with Gasteiger partial charge in [-0.2, -0.15) is 0 Å². The highest BCUT2D eigenvalue weighted by Gasteiger charge is 2.21. The number of hydrogen-bond donors (Lipinski definition) is 1. The van der Waals surface area contributed by atoms with Crippen LogP contribution in [0.1, 0.15) is 28.3 Å². The molecule has 1 N–H and O–H groups in total. The van der Waals surface area contributed by atoms with E-state index in [1.54, 1.807) is 36.9 Å². The standard InChI is InChI=1S/C20H24FN3O3/c1-14-13-18(15(2)27-14)20(26)22-8-7-19(25)24-11-9-23(10-12-24)17-5-3-16(21)4-6-17/h3-6,13H,7-12H2,1-2H3,(H,22,26). The summed E-state index contributed by atoms with van der Waals surface area (Å²) in [6, 6.07) is 8.09. The molecule has 3 rings (SSSR count). The molecule has 1 aliphatic heterocycles. The van der Waals surface area contributed by atoms with E-state index in [-0.39, 0.29) is 24.1 Å². The quantitative estimate of drug-likeness (QED) is 0.875. The molecule has 27 heavy (non-hydrogen) atoms. The predicted octanol–water partition coefficient (Wildman–Crippen LogP) is 2.50. The fraction of sp³-hybridized carbons (Fsp3) is 0.400. The number of furan rings is 1. The lowest BCUT2D eigenvalue weighted by molar-refractivity contribution is -0.131. The maximum atomic E-state index is 13.0. The van der Waals surface area contributed by atoms with Gasteiger partial charge >= 0.3 is 0 Å². The predicted molar refractivity (Wildman–Crippen MR) is 100 cm³/mol. The Balaban J connectivity index is 1.42. The highest BCUT2D eigenvalue weighted by Crippen LogP contribution is 2.17. The first-order valence-corrected chi connectivity index (χ1v) is 9.07. The third-order valence-electron chi connectivity index (χ3n) is 4.73. The second kappa shape index (κ2) is 8.24. The van der Waals surface area contributed by atoms with Gasteiger partial charge in [-0.3, -0.25) is 9.59 Å². The minimum atomic E-state index is -0.254. The van der Waals surface area contributed by atoms with Gasteiger partial charge in [-0.25, -0.2) is 4.39 Å². The van der Waals surface area contributed by atoms with Crippen molar-refractivity contribution >= 4 is 17.5 Å². The Morgan fingerprint density at radius 1 is 1.11 bits per heavy atom. The largest absolute Gasteiger partial charge is 0.466 e. The van der Waals surface area contributed by atoms with Crippen LogP contribution in [0, 0.1) is 19.7 Å². The van der Waals surface area contributed by atoms with Gasteiger partial charge in [0.15, 0.2) is 0 Å². The molecule has 144 valence electrons. The monoisotopic (exact) mass is 373 g/mol. The van der Waals surface area contributed by atoms with E-state index in [2.05, 4.69) is 10.2 Å². The van der Waals surface area contributed by atoms with Crippen molar-refractivity contribution in [1.82, 2.24) is 10.2 Å². The molecule has 0 unspecified atom stereocenters. The van der Waals surface area contributed by atoms with Crippen LogP contribution in [0.15, 0.2) is 34.7 Å². The zero-order chi connectivity index (χ0) is 19.4. The number of hydrogen-bond acceptors (Lipinski definition) is 4. The van der Waals surface area contributed by atoms with Crippen molar-refractivity contribution in [3.63, 3.8) is 0 Å². The number of piperazine rings is 1. The second-order valence-electron chi connectivity index (χ2n) is 6.68. The van der Waals surface area contributed by atoms with Gasteiger partial charge in [0.05, 0.1) is 5.56 Å². The summed E-state index contributed by atoms with van der Waals surface area (Å²) in [7, 11) is 0.